The molecule has 0 heterocycles. The van der Waals surface area contributed by atoms with Gasteiger partial charge in [-0.25, -0.2) is 0 Å². The molecule has 0 radical (unpaired) electrons. The van der Waals surface area contributed by atoms with Gasteiger partial charge in [0.2, 0.25) is 0 Å². The van der Waals surface area contributed by atoms with Crippen molar-refractivity contribution in [2.45, 2.75) is 12.8 Å². The first-order chi connectivity index (χ1) is 6.92. The van der Waals surface area contributed by atoms with E-state index in [1.54, 1.807) is 0 Å². The highest BCUT2D eigenvalue weighted by Crippen LogP contribution is 2.28. The van der Waals surface area contributed by atoms with Crippen LogP contribution in [0, 0.1) is 0 Å². The number of benzene rings is 1. The summed E-state index contributed by atoms with van der Waals surface area (Å²) in [6, 6.07) is 3.04. The summed E-state index contributed by atoms with van der Waals surface area (Å²) >= 11 is 0. The fourth-order valence-corrected chi connectivity index (χ4v) is 1.00. The molecule has 1 aromatic carbocycles. The molecule has 0 amide bonds. The number of aromatic hydroxyl groups is 1. The molecule has 0 aliphatic rings. The summed E-state index contributed by atoms with van der Waals surface area (Å²) in [5, 5.41) is 9.21. The molecular weight excluding hydrogens is 213 g/mol. The van der Waals surface area contributed by atoms with Crippen LogP contribution in [0.3, 0.4) is 0 Å². The van der Waals surface area contributed by atoms with Gasteiger partial charge in [-0.1, -0.05) is 6.07 Å². The van der Waals surface area contributed by atoms with E-state index in [1.807, 2.05) is 0 Å². The number of alkyl halides is 3. The SMILES string of the molecule is O=CCc1ccc(OC(F)(F)F)cc1O. The molecule has 0 bridgehead atoms. The molecule has 1 N–H and O–H groups in total. The van der Waals surface area contributed by atoms with Gasteiger partial charge in [0.15, 0.2) is 0 Å². The quantitative estimate of drug-likeness (QED) is 0.793. The Morgan fingerprint density at radius 2 is 2.07 bits per heavy atom. The lowest BCUT2D eigenvalue weighted by Gasteiger charge is -2.09. The molecule has 0 fully saturated rings. The Morgan fingerprint density at radius 1 is 1.40 bits per heavy atom. The molecule has 0 saturated carbocycles. The highest BCUT2D eigenvalue weighted by molar-refractivity contribution is 5.58. The van der Waals surface area contributed by atoms with Crippen molar-refractivity contribution in [3.63, 3.8) is 0 Å². The molecule has 0 aromatic heterocycles. The summed E-state index contributed by atoms with van der Waals surface area (Å²) in [7, 11) is 0. The second-order valence-electron chi connectivity index (χ2n) is 2.71. The topological polar surface area (TPSA) is 46.5 Å². The van der Waals surface area contributed by atoms with E-state index in [4.69, 9.17) is 0 Å². The summed E-state index contributed by atoms with van der Waals surface area (Å²) in [6.45, 7) is 0. The second kappa shape index (κ2) is 4.20. The van der Waals surface area contributed by atoms with E-state index in [0.29, 0.717) is 6.29 Å². The summed E-state index contributed by atoms with van der Waals surface area (Å²) in [5.41, 5.74) is 0.250. The molecule has 6 heteroatoms. The molecule has 0 aliphatic carbocycles. The molecule has 1 aromatic rings. The molecule has 0 spiro atoms. The molecule has 0 saturated heterocycles. The first kappa shape index (κ1) is 11.4. The minimum Gasteiger partial charge on any atom is -0.508 e. The third kappa shape index (κ3) is 3.49. The number of hydrogen-bond acceptors (Lipinski definition) is 3. The van der Waals surface area contributed by atoms with Crippen molar-refractivity contribution in [1.82, 2.24) is 0 Å². The highest BCUT2D eigenvalue weighted by Gasteiger charge is 2.31. The van der Waals surface area contributed by atoms with E-state index in [1.165, 1.54) is 6.07 Å². The van der Waals surface area contributed by atoms with Gasteiger partial charge >= 0.3 is 6.36 Å². The zero-order chi connectivity index (χ0) is 11.5. The zero-order valence-electron chi connectivity index (χ0n) is 7.41. The number of carbonyl (C=O) groups excluding carboxylic acids is 1. The lowest BCUT2D eigenvalue weighted by Crippen LogP contribution is -2.17. The number of aldehydes is 1. The fourth-order valence-electron chi connectivity index (χ4n) is 1.00. The molecule has 15 heavy (non-hydrogen) atoms. The van der Waals surface area contributed by atoms with Crippen molar-refractivity contribution < 1.29 is 27.8 Å². The second-order valence-corrected chi connectivity index (χ2v) is 2.71. The number of phenolic OH excluding ortho intramolecular Hbond substituents is 1. The van der Waals surface area contributed by atoms with Gasteiger partial charge < -0.3 is 14.6 Å². The van der Waals surface area contributed by atoms with Crippen LogP contribution < -0.4 is 4.74 Å². The number of rotatable bonds is 3. The van der Waals surface area contributed by atoms with Gasteiger partial charge in [0.05, 0.1) is 0 Å². The van der Waals surface area contributed by atoms with E-state index < -0.39 is 17.9 Å². The predicted molar refractivity (Wildman–Crippen MR) is 44.6 cm³/mol. The molecule has 3 nitrogen and oxygen atoms in total. The van der Waals surface area contributed by atoms with E-state index in [0.717, 1.165) is 12.1 Å². The maximum absolute atomic E-state index is 11.8. The summed E-state index contributed by atoms with van der Waals surface area (Å²) in [5.74, 6) is -0.918. The monoisotopic (exact) mass is 220 g/mol. The van der Waals surface area contributed by atoms with Crippen LogP contribution in [0.25, 0.3) is 0 Å². The highest BCUT2D eigenvalue weighted by atomic mass is 19.4. The van der Waals surface area contributed by atoms with Crippen molar-refractivity contribution in [2.24, 2.45) is 0 Å². The minimum absolute atomic E-state index is 0.0574. The van der Waals surface area contributed by atoms with E-state index in [-0.39, 0.29) is 12.0 Å². The van der Waals surface area contributed by atoms with Gasteiger partial charge in [0.1, 0.15) is 17.8 Å². The van der Waals surface area contributed by atoms with Crippen molar-refractivity contribution in [1.29, 1.82) is 0 Å². The van der Waals surface area contributed by atoms with Crippen LogP contribution in [0.2, 0.25) is 0 Å². The first-order valence-corrected chi connectivity index (χ1v) is 3.93. The van der Waals surface area contributed by atoms with Gasteiger partial charge in [-0.15, -0.1) is 13.2 Å². The average molecular weight is 220 g/mol. The van der Waals surface area contributed by atoms with Crippen LogP contribution in [0.1, 0.15) is 5.56 Å². The normalized spacial score (nSPS) is 11.1. The van der Waals surface area contributed by atoms with E-state index in [2.05, 4.69) is 4.74 Å². The van der Waals surface area contributed by atoms with E-state index >= 15 is 0 Å². The largest absolute Gasteiger partial charge is 0.573 e. The molecular formula is C9H7F3O3. The van der Waals surface area contributed by atoms with Crippen LogP contribution >= 0.6 is 0 Å². The van der Waals surface area contributed by atoms with Crippen molar-refractivity contribution in [3.05, 3.63) is 23.8 Å². The number of phenols is 1. The third-order valence-electron chi connectivity index (χ3n) is 1.59. The van der Waals surface area contributed by atoms with Crippen molar-refractivity contribution >= 4 is 6.29 Å². The van der Waals surface area contributed by atoms with Gasteiger partial charge in [-0.2, -0.15) is 0 Å². The Labute approximate surface area is 83.1 Å². The lowest BCUT2D eigenvalue weighted by molar-refractivity contribution is -0.274. The summed E-state index contributed by atoms with van der Waals surface area (Å²) < 4.78 is 38.9. The number of halogens is 3. The van der Waals surface area contributed by atoms with Crippen LogP contribution in [-0.4, -0.2) is 17.8 Å². The Kier molecular flexibility index (Phi) is 3.18. The minimum atomic E-state index is -4.79. The van der Waals surface area contributed by atoms with Gasteiger partial charge in [-0.3, -0.25) is 0 Å². The Balaban J connectivity index is 2.86. The summed E-state index contributed by atoms with van der Waals surface area (Å²) in [4.78, 5) is 10.1. The average Bonchev–Trinajstić information content (AvgIpc) is 2.07. The lowest BCUT2D eigenvalue weighted by atomic mass is 10.1. The van der Waals surface area contributed by atoms with Gasteiger partial charge in [0, 0.05) is 18.1 Å². The Bertz CT molecular complexity index is 360. The first-order valence-electron chi connectivity index (χ1n) is 3.93. The third-order valence-corrected chi connectivity index (χ3v) is 1.59. The van der Waals surface area contributed by atoms with Gasteiger partial charge in [0.25, 0.3) is 0 Å². The Hall–Kier alpha value is -1.72. The Morgan fingerprint density at radius 3 is 2.53 bits per heavy atom. The van der Waals surface area contributed by atoms with E-state index in [9.17, 15) is 23.1 Å². The number of hydrogen-bond donors (Lipinski definition) is 1. The van der Waals surface area contributed by atoms with Crippen LogP contribution in [0.4, 0.5) is 13.2 Å². The smallest absolute Gasteiger partial charge is 0.508 e. The fraction of sp³-hybridized carbons (Fsp3) is 0.222. The predicted octanol–water partition coefficient (Wildman–Crippen LogP) is 2.03. The maximum Gasteiger partial charge on any atom is 0.573 e. The molecule has 82 valence electrons. The molecule has 1 rings (SSSR count). The molecule has 0 atom stereocenters. The number of ether oxygens (including phenoxy) is 1. The van der Waals surface area contributed by atoms with Crippen LogP contribution in [0.5, 0.6) is 11.5 Å². The zero-order valence-corrected chi connectivity index (χ0v) is 7.41. The van der Waals surface area contributed by atoms with Crippen molar-refractivity contribution in [3.8, 4) is 11.5 Å². The van der Waals surface area contributed by atoms with Crippen molar-refractivity contribution in [2.75, 3.05) is 0 Å². The standard InChI is InChI=1S/C9H7F3O3/c10-9(11,12)15-7-2-1-6(3-4-13)8(14)5-7/h1-2,4-5,14H,3H2. The van der Waals surface area contributed by atoms with Crippen LogP contribution in [-0.2, 0) is 11.2 Å². The molecule has 0 unspecified atom stereocenters. The number of carbonyl (C=O) groups is 1. The van der Waals surface area contributed by atoms with Crippen LogP contribution in [0.15, 0.2) is 18.2 Å². The van der Waals surface area contributed by atoms with Gasteiger partial charge in [-0.05, 0) is 6.07 Å². The summed E-state index contributed by atoms with van der Waals surface area (Å²) in [6.07, 6.45) is -4.31. The maximum atomic E-state index is 11.8. The molecule has 0 aliphatic heterocycles.